The molecule has 0 aliphatic carbocycles. The summed E-state index contributed by atoms with van der Waals surface area (Å²) in [7, 11) is 0. The first-order valence-corrected chi connectivity index (χ1v) is 6.74. The number of anilines is 1. The number of Topliss-reactive ketones (excluding diaryl/α,β-unsaturated/α-hetero) is 1. The molecule has 0 bridgehead atoms. The molecule has 4 nitrogen and oxygen atoms in total. The van der Waals surface area contributed by atoms with Crippen LogP contribution in [0.5, 0.6) is 0 Å². The number of amides is 1. The topological polar surface area (TPSA) is 46.6 Å². The Hall–Kier alpha value is -1.75. The van der Waals surface area contributed by atoms with Gasteiger partial charge in [0.05, 0.1) is 17.9 Å². The lowest BCUT2D eigenvalue weighted by Crippen LogP contribution is -2.33. The fourth-order valence-corrected chi connectivity index (χ4v) is 2.10. The molecule has 0 fully saturated rings. The van der Waals surface area contributed by atoms with Gasteiger partial charge in [0.2, 0.25) is 0 Å². The van der Waals surface area contributed by atoms with E-state index < -0.39 is 17.5 Å². The van der Waals surface area contributed by atoms with Crippen LogP contribution >= 0.6 is 0 Å². The van der Waals surface area contributed by atoms with Crippen molar-refractivity contribution in [2.24, 2.45) is 5.92 Å². The van der Waals surface area contributed by atoms with Crippen LogP contribution < -0.4 is 4.90 Å². The molecule has 1 aromatic carbocycles. The summed E-state index contributed by atoms with van der Waals surface area (Å²) < 4.78 is 19.2. The number of nitrogens with zero attached hydrogens (tertiary/aromatic N) is 1. The van der Waals surface area contributed by atoms with E-state index in [0.29, 0.717) is 19.1 Å². The van der Waals surface area contributed by atoms with Gasteiger partial charge < -0.3 is 4.74 Å². The highest BCUT2D eigenvalue weighted by Gasteiger charge is 2.37. The average molecular weight is 279 g/mol. The van der Waals surface area contributed by atoms with E-state index in [1.54, 1.807) is 0 Å². The van der Waals surface area contributed by atoms with Gasteiger partial charge in [-0.25, -0.2) is 4.39 Å². The summed E-state index contributed by atoms with van der Waals surface area (Å²) in [6.07, 6.45) is 0.928. The molecule has 1 heterocycles. The Morgan fingerprint density at radius 3 is 2.70 bits per heavy atom. The second kappa shape index (κ2) is 6.13. The van der Waals surface area contributed by atoms with Crippen molar-refractivity contribution in [2.45, 2.75) is 20.3 Å². The molecular weight excluding hydrogens is 261 g/mol. The summed E-state index contributed by atoms with van der Waals surface area (Å²) in [6, 6.07) is 4.15. The summed E-state index contributed by atoms with van der Waals surface area (Å²) in [5.74, 6) is -1.34. The van der Waals surface area contributed by atoms with Crippen molar-refractivity contribution >= 4 is 17.4 Å². The van der Waals surface area contributed by atoms with Crippen LogP contribution in [0.4, 0.5) is 10.1 Å². The van der Waals surface area contributed by atoms with E-state index >= 15 is 0 Å². The number of hydrogen-bond donors (Lipinski definition) is 0. The Labute approximate surface area is 117 Å². The van der Waals surface area contributed by atoms with Crippen molar-refractivity contribution in [1.29, 1.82) is 0 Å². The summed E-state index contributed by atoms with van der Waals surface area (Å²) in [5.41, 5.74) is 0.215. The molecule has 2 rings (SSSR count). The molecule has 0 aromatic heterocycles. The second-order valence-corrected chi connectivity index (χ2v) is 5.22. The molecule has 0 spiro atoms. The SMILES string of the molecule is CC(C)CCOCCN1C(=O)C(=O)c2cccc(F)c21. The summed E-state index contributed by atoms with van der Waals surface area (Å²) >= 11 is 0. The van der Waals surface area contributed by atoms with E-state index in [4.69, 9.17) is 4.74 Å². The number of carbonyl (C=O) groups excluding carboxylic acids is 2. The van der Waals surface area contributed by atoms with Gasteiger partial charge in [0, 0.05) is 13.2 Å². The number of hydrogen-bond acceptors (Lipinski definition) is 3. The van der Waals surface area contributed by atoms with Crippen LogP contribution in [0.15, 0.2) is 18.2 Å². The number of ketones is 1. The normalized spacial score (nSPS) is 14.3. The van der Waals surface area contributed by atoms with Crippen LogP contribution in [0, 0.1) is 11.7 Å². The third-order valence-corrected chi connectivity index (χ3v) is 3.24. The number of carbonyl (C=O) groups is 2. The maximum atomic E-state index is 13.8. The fraction of sp³-hybridized carbons (Fsp3) is 0.467. The molecule has 1 aromatic rings. The minimum atomic E-state index is -0.683. The first-order valence-electron chi connectivity index (χ1n) is 6.74. The molecular formula is C15H18FNO3. The zero-order chi connectivity index (χ0) is 14.7. The van der Waals surface area contributed by atoms with Gasteiger partial charge >= 0.3 is 0 Å². The van der Waals surface area contributed by atoms with Gasteiger partial charge in [-0.15, -0.1) is 0 Å². The van der Waals surface area contributed by atoms with Gasteiger partial charge in [-0.1, -0.05) is 19.9 Å². The van der Waals surface area contributed by atoms with Gasteiger partial charge in [-0.2, -0.15) is 0 Å². The van der Waals surface area contributed by atoms with E-state index in [-0.39, 0.29) is 17.8 Å². The summed E-state index contributed by atoms with van der Waals surface area (Å²) in [5, 5.41) is 0. The molecule has 5 heteroatoms. The molecule has 0 radical (unpaired) electrons. The highest BCUT2D eigenvalue weighted by atomic mass is 19.1. The fourth-order valence-electron chi connectivity index (χ4n) is 2.10. The molecule has 0 saturated carbocycles. The molecule has 20 heavy (non-hydrogen) atoms. The van der Waals surface area contributed by atoms with Gasteiger partial charge in [0.25, 0.3) is 11.7 Å². The summed E-state index contributed by atoms with van der Waals surface area (Å²) in [4.78, 5) is 24.7. The van der Waals surface area contributed by atoms with Crippen LogP contribution in [0.25, 0.3) is 0 Å². The third-order valence-electron chi connectivity index (χ3n) is 3.24. The van der Waals surface area contributed by atoms with Crippen molar-refractivity contribution in [3.63, 3.8) is 0 Å². The lowest BCUT2D eigenvalue weighted by atomic mass is 10.1. The maximum absolute atomic E-state index is 13.8. The first kappa shape index (κ1) is 14.7. The number of halogens is 1. The quantitative estimate of drug-likeness (QED) is 0.593. The predicted molar refractivity (Wildman–Crippen MR) is 73.4 cm³/mol. The number of ether oxygens (including phenoxy) is 1. The summed E-state index contributed by atoms with van der Waals surface area (Å²) in [6.45, 7) is 5.27. The largest absolute Gasteiger partial charge is 0.380 e. The number of rotatable bonds is 6. The minimum Gasteiger partial charge on any atom is -0.380 e. The monoisotopic (exact) mass is 279 g/mol. The van der Waals surface area contributed by atoms with Crippen molar-refractivity contribution in [1.82, 2.24) is 0 Å². The Balaban J connectivity index is 1.99. The number of benzene rings is 1. The molecule has 1 amide bonds. The molecule has 0 atom stereocenters. The molecule has 0 N–H and O–H groups in total. The lowest BCUT2D eigenvalue weighted by molar-refractivity contribution is -0.114. The van der Waals surface area contributed by atoms with Gasteiger partial charge in [0.1, 0.15) is 5.82 Å². The second-order valence-electron chi connectivity index (χ2n) is 5.22. The van der Waals surface area contributed by atoms with E-state index in [1.165, 1.54) is 23.1 Å². The van der Waals surface area contributed by atoms with Crippen LogP contribution in [-0.2, 0) is 9.53 Å². The van der Waals surface area contributed by atoms with Crippen molar-refractivity contribution in [3.8, 4) is 0 Å². The van der Waals surface area contributed by atoms with Crippen LogP contribution in [-0.4, -0.2) is 31.4 Å². The smallest absolute Gasteiger partial charge is 0.299 e. The molecule has 1 aliphatic heterocycles. The van der Waals surface area contributed by atoms with Gasteiger partial charge in [0.15, 0.2) is 0 Å². The van der Waals surface area contributed by atoms with Crippen molar-refractivity contribution in [2.75, 3.05) is 24.7 Å². The standard InChI is InChI=1S/C15H18FNO3/c1-10(2)6-8-20-9-7-17-13-11(14(18)15(17)19)4-3-5-12(13)16/h3-5,10H,6-9H2,1-2H3. The maximum Gasteiger partial charge on any atom is 0.299 e. The zero-order valence-corrected chi connectivity index (χ0v) is 11.7. The third kappa shape index (κ3) is 2.88. The van der Waals surface area contributed by atoms with Crippen molar-refractivity contribution < 1.29 is 18.7 Å². The number of para-hydroxylation sites is 1. The zero-order valence-electron chi connectivity index (χ0n) is 11.7. The lowest BCUT2D eigenvalue weighted by Gasteiger charge is -2.17. The van der Waals surface area contributed by atoms with E-state index in [1.807, 2.05) is 0 Å². The highest BCUT2D eigenvalue weighted by molar-refractivity contribution is 6.52. The minimum absolute atomic E-state index is 0.0787. The number of fused-ring (bicyclic) bond motifs is 1. The molecule has 0 saturated heterocycles. The first-order chi connectivity index (χ1) is 9.52. The Morgan fingerprint density at radius 1 is 1.25 bits per heavy atom. The average Bonchev–Trinajstić information content (AvgIpc) is 2.64. The van der Waals surface area contributed by atoms with Gasteiger partial charge in [-0.05, 0) is 24.5 Å². The highest BCUT2D eigenvalue weighted by Crippen LogP contribution is 2.31. The van der Waals surface area contributed by atoms with Crippen LogP contribution in [0.3, 0.4) is 0 Å². The molecule has 0 unspecified atom stereocenters. The predicted octanol–water partition coefficient (Wildman–Crippen LogP) is 2.42. The van der Waals surface area contributed by atoms with E-state index in [0.717, 1.165) is 6.42 Å². The molecule has 1 aliphatic rings. The van der Waals surface area contributed by atoms with E-state index in [2.05, 4.69) is 13.8 Å². The van der Waals surface area contributed by atoms with Gasteiger partial charge in [-0.3, -0.25) is 14.5 Å². The van der Waals surface area contributed by atoms with Crippen LogP contribution in [0.2, 0.25) is 0 Å². The molecule has 108 valence electrons. The Morgan fingerprint density at radius 2 is 2.00 bits per heavy atom. The Kier molecular flexibility index (Phi) is 4.49. The van der Waals surface area contributed by atoms with E-state index in [9.17, 15) is 14.0 Å². The Bertz CT molecular complexity index is 528. The van der Waals surface area contributed by atoms with Crippen molar-refractivity contribution in [3.05, 3.63) is 29.6 Å². The van der Waals surface area contributed by atoms with Crippen LogP contribution in [0.1, 0.15) is 30.6 Å².